The van der Waals surface area contributed by atoms with Crippen LogP contribution in [0.2, 0.25) is 0 Å². The Kier molecular flexibility index (Phi) is 13.9. The van der Waals surface area contributed by atoms with E-state index in [-0.39, 0.29) is 29.4 Å². The van der Waals surface area contributed by atoms with Gasteiger partial charge in [0.05, 0.1) is 6.26 Å². The summed E-state index contributed by atoms with van der Waals surface area (Å²) in [5.41, 5.74) is 0.273. The first-order valence-electron chi connectivity index (χ1n) is 9.45. The van der Waals surface area contributed by atoms with Gasteiger partial charge in [-0.25, -0.2) is 13.1 Å². The van der Waals surface area contributed by atoms with Crippen molar-refractivity contribution in [2.24, 2.45) is 10.4 Å². The van der Waals surface area contributed by atoms with Crippen molar-refractivity contribution in [2.45, 2.75) is 52.4 Å². The van der Waals surface area contributed by atoms with Crippen molar-refractivity contribution in [1.29, 1.82) is 0 Å². The second-order valence-corrected chi connectivity index (χ2v) is 8.63. The van der Waals surface area contributed by atoms with E-state index in [0.717, 1.165) is 38.7 Å². The minimum atomic E-state index is -3.11. The monoisotopic (exact) mass is 504 g/mol. The summed E-state index contributed by atoms with van der Waals surface area (Å²) in [5, 5.41) is 6.56. The van der Waals surface area contributed by atoms with E-state index < -0.39 is 10.0 Å². The molecule has 156 valence electrons. The number of rotatable bonds is 12. The zero-order valence-corrected chi connectivity index (χ0v) is 19.6. The molecule has 0 saturated heterocycles. The van der Waals surface area contributed by atoms with E-state index in [1.165, 1.54) is 31.9 Å². The first kappa shape index (κ1) is 25.9. The number of sulfonamides is 1. The molecule has 0 atom stereocenters. The maximum atomic E-state index is 11.0. The average molecular weight is 504 g/mol. The maximum absolute atomic E-state index is 11.0. The molecule has 1 rings (SSSR count). The average Bonchev–Trinajstić information content (AvgIpc) is 3.00. The van der Waals surface area contributed by atoms with Crippen LogP contribution in [-0.2, 0) is 14.8 Å². The van der Waals surface area contributed by atoms with Gasteiger partial charge >= 0.3 is 0 Å². The molecule has 0 aromatic heterocycles. The molecule has 0 aromatic carbocycles. The van der Waals surface area contributed by atoms with E-state index in [1.54, 1.807) is 0 Å². The summed E-state index contributed by atoms with van der Waals surface area (Å²) < 4.78 is 30.1. The number of guanidine groups is 1. The van der Waals surface area contributed by atoms with Crippen LogP contribution in [0.3, 0.4) is 0 Å². The molecular weight excluding hydrogens is 467 g/mol. The number of ether oxygens (including phenoxy) is 1. The van der Waals surface area contributed by atoms with Crippen LogP contribution >= 0.6 is 24.0 Å². The fraction of sp³-hybridized carbons (Fsp3) is 0.941. The smallest absolute Gasteiger partial charge is 0.208 e. The molecule has 1 fully saturated rings. The Morgan fingerprint density at radius 3 is 2.42 bits per heavy atom. The maximum Gasteiger partial charge on any atom is 0.208 e. The summed E-state index contributed by atoms with van der Waals surface area (Å²) in [5.74, 6) is 0.810. The molecule has 0 bridgehead atoms. The van der Waals surface area contributed by atoms with Gasteiger partial charge in [-0.3, -0.25) is 4.99 Å². The Labute approximate surface area is 176 Å². The molecular formula is C17H37IN4O3S. The Hall–Kier alpha value is -0.130. The third kappa shape index (κ3) is 11.6. The lowest BCUT2D eigenvalue weighted by Crippen LogP contribution is -2.39. The van der Waals surface area contributed by atoms with Crippen LogP contribution in [0.1, 0.15) is 52.4 Å². The molecule has 0 radical (unpaired) electrons. The predicted octanol–water partition coefficient (Wildman–Crippen LogP) is 2.09. The topological polar surface area (TPSA) is 91.8 Å². The highest BCUT2D eigenvalue weighted by Crippen LogP contribution is 2.41. The van der Waals surface area contributed by atoms with Gasteiger partial charge in [0, 0.05) is 39.4 Å². The van der Waals surface area contributed by atoms with Gasteiger partial charge in [-0.2, -0.15) is 0 Å². The molecule has 1 saturated carbocycles. The van der Waals surface area contributed by atoms with Crippen molar-refractivity contribution in [3.63, 3.8) is 0 Å². The standard InChI is InChI=1S/C17H36N4O3S.HI/c1-4-18-16(19-12-8-13-21-25(3,22)23)20-15-17(9-6-7-10-17)11-14-24-5-2;/h21H,4-15H2,1-3H3,(H2,18,19,20);1H. The summed E-state index contributed by atoms with van der Waals surface area (Å²) in [7, 11) is -3.11. The molecule has 1 aliphatic carbocycles. The molecule has 1 aliphatic rings. The van der Waals surface area contributed by atoms with Crippen LogP contribution in [0.5, 0.6) is 0 Å². The molecule has 26 heavy (non-hydrogen) atoms. The molecule has 3 N–H and O–H groups in total. The zero-order valence-electron chi connectivity index (χ0n) is 16.5. The highest BCUT2D eigenvalue weighted by molar-refractivity contribution is 14.0. The number of nitrogens with zero attached hydrogens (tertiary/aromatic N) is 1. The summed E-state index contributed by atoms with van der Waals surface area (Å²) in [6.45, 7) is 8.40. The Morgan fingerprint density at radius 1 is 1.15 bits per heavy atom. The number of hydrogen-bond donors (Lipinski definition) is 3. The second kappa shape index (κ2) is 14.0. The van der Waals surface area contributed by atoms with Crippen LogP contribution in [0.15, 0.2) is 4.99 Å². The van der Waals surface area contributed by atoms with Gasteiger partial charge < -0.3 is 15.4 Å². The van der Waals surface area contributed by atoms with E-state index in [0.29, 0.717) is 19.5 Å². The lowest BCUT2D eigenvalue weighted by Gasteiger charge is -2.27. The van der Waals surface area contributed by atoms with Crippen molar-refractivity contribution in [2.75, 3.05) is 45.6 Å². The van der Waals surface area contributed by atoms with Crippen molar-refractivity contribution >= 4 is 40.0 Å². The lowest BCUT2D eigenvalue weighted by molar-refractivity contribution is 0.107. The highest BCUT2D eigenvalue weighted by atomic mass is 127. The summed E-state index contributed by atoms with van der Waals surface area (Å²) >= 11 is 0. The summed E-state index contributed by atoms with van der Waals surface area (Å²) in [4.78, 5) is 4.79. The van der Waals surface area contributed by atoms with Gasteiger partial charge in [-0.05, 0) is 44.9 Å². The van der Waals surface area contributed by atoms with Crippen LogP contribution in [0.4, 0.5) is 0 Å². The van der Waals surface area contributed by atoms with Gasteiger partial charge in [0.1, 0.15) is 0 Å². The number of aliphatic imine (C=N–C) groups is 1. The molecule has 0 spiro atoms. The van der Waals surface area contributed by atoms with Crippen molar-refractivity contribution in [3.8, 4) is 0 Å². The second-order valence-electron chi connectivity index (χ2n) is 6.80. The van der Waals surface area contributed by atoms with Crippen LogP contribution in [0, 0.1) is 5.41 Å². The van der Waals surface area contributed by atoms with Gasteiger partial charge in [0.15, 0.2) is 5.96 Å². The van der Waals surface area contributed by atoms with Crippen molar-refractivity contribution in [1.82, 2.24) is 15.4 Å². The largest absolute Gasteiger partial charge is 0.382 e. The number of halogens is 1. The molecule has 0 aliphatic heterocycles. The van der Waals surface area contributed by atoms with Crippen LogP contribution in [0.25, 0.3) is 0 Å². The lowest BCUT2D eigenvalue weighted by atomic mass is 9.83. The van der Waals surface area contributed by atoms with Gasteiger partial charge in [0.25, 0.3) is 0 Å². The Bertz CT molecular complexity index is 494. The quantitative estimate of drug-likeness (QED) is 0.164. The normalized spacial score (nSPS) is 17.0. The SMILES string of the molecule is CCNC(=NCC1(CCOCC)CCCC1)NCCCNS(C)(=O)=O.I. The fourth-order valence-electron chi connectivity index (χ4n) is 3.19. The molecule has 7 nitrogen and oxygen atoms in total. The Balaban J connectivity index is 0.00000625. The first-order chi connectivity index (χ1) is 11.9. The van der Waals surface area contributed by atoms with E-state index in [1.807, 2.05) is 13.8 Å². The molecule has 0 amide bonds. The van der Waals surface area contributed by atoms with E-state index in [2.05, 4.69) is 15.4 Å². The highest BCUT2D eigenvalue weighted by Gasteiger charge is 2.33. The number of nitrogens with one attached hydrogen (secondary N) is 3. The number of hydrogen-bond acceptors (Lipinski definition) is 4. The molecule has 0 unspecified atom stereocenters. The van der Waals surface area contributed by atoms with Crippen LogP contribution < -0.4 is 15.4 Å². The predicted molar refractivity (Wildman–Crippen MR) is 119 cm³/mol. The van der Waals surface area contributed by atoms with Crippen LogP contribution in [-0.4, -0.2) is 60.0 Å². The molecule has 0 aromatic rings. The van der Waals surface area contributed by atoms with Crippen molar-refractivity contribution in [3.05, 3.63) is 0 Å². The van der Waals surface area contributed by atoms with E-state index in [4.69, 9.17) is 9.73 Å². The van der Waals surface area contributed by atoms with Gasteiger partial charge in [-0.1, -0.05) is 12.8 Å². The molecule has 0 heterocycles. The summed E-state index contributed by atoms with van der Waals surface area (Å²) in [6, 6.07) is 0. The zero-order chi connectivity index (χ0) is 18.6. The third-order valence-corrected chi connectivity index (χ3v) is 5.30. The summed E-state index contributed by atoms with van der Waals surface area (Å²) in [6.07, 6.45) is 7.97. The van der Waals surface area contributed by atoms with Gasteiger partial charge in [0.2, 0.25) is 10.0 Å². The Morgan fingerprint density at radius 2 is 1.85 bits per heavy atom. The minimum Gasteiger partial charge on any atom is -0.382 e. The van der Waals surface area contributed by atoms with E-state index in [9.17, 15) is 8.42 Å². The van der Waals surface area contributed by atoms with Crippen molar-refractivity contribution < 1.29 is 13.2 Å². The van der Waals surface area contributed by atoms with E-state index >= 15 is 0 Å². The fourth-order valence-corrected chi connectivity index (χ4v) is 3.70. The molecule has 9 heteroatoms. The minimum absolute atomic E-state index is 0. The first-order valence-corrected chi connectivity index (χ1v) is 11.3. The van der Waals surface area contributed by atoms with Gasteiger partial charge in [-0.15, -0.1) is 24.0 Å². The third-order valence-electron chi connectivity index (χ3n) is 4.57.